The van der Waals surface area contributed by atoms with Crippen molar-refractivity contribution in [1.29, 1.82) is 0 Å². The third-order valence-corrected chi connectivity index (χ3v) is 6.28. The maximum Gasteiger partial charge on any atom is 0.219 e. The molecule has 0 radical (unpaired) electrons. The summed E-state index contributed by atoms with van der Waals surface area (Å²) in [4.78, 5) is 13.7. The van der Waals surface area contributed by atoms with Crippen LogP contribution in [0.3, 0.4) is 0 Å². The van der Waals surface area contributed by atoms with E-state index in [9.17, 15) is 4.79 Å². The van der Waals surface area contributed by atoms with Crippen LogP contribution < -0.4 is 4.74 Å². The molecule has 5 heteroatoms. The highest BCUT2D eigenvalue weighted by atomic mass is 16.5. The highest BCUT2D eigenvalue weighted by Gasteiger charge is 2.51. The van der Waals surface area contributed by atoms with Gasteiger partial charge in [-0.05, 0) is 18.6 Å². The minimum atomic E-state index is -0.475. The van der Waals surface area contributed by atoms with Crippen molar-refractivity contribution in [3.8, 4) is 5.75 Å². The second-order valence-corrected chi connectivity index (χ2v) is 8.07. The van der Waals surface area contributed by atoms with Gasteiger partial charge in [0.05, 0.1) is 11.8 Å². The Morgan fingerprint density at radius 1 is 1.11 bits per heavy atom. The number of likely N-dealkylation sites (tertiary alicyclic amines) is 1. The maximum absolute atomic E-state index is 11.8. The van der Waals surface area contributed by atoms with E-state index >= 15 is 0 Å². The lowest BCUT2D eigenvalue weighted by Gasteiger charge is -2.51. The second-order valence-electron chi connectivity index (χ2n) is 8.07. The largest absolute Gasteiger partial charge is 0.466 e. The second kappa shape index (κ2) is 6.36. The average Bonchev–Trinajstić information content (AvgIpc) is 3.16. The summed E-state index contributed by atoms with van der Waals surface area (Å²) in [6, 6.07) is 17.1. The molecule has 1 saturated heterocycles. The Labute approximate surface area is 165 Å². The van der Waals surface area contributed by atoms with E-state index in [1.165, 1.54) is 16.7 Å². The number of para-hydroxylation sites is 1. The summed E-state index contributed by atoms with van der Waals surface area (Å²) in [5.41, 5.74) is 4.26. The van der Waals surface area contributed by atoms with E-state index in [0.717, 1.165) is 30.7 Å². The number of rotatable bonds is 1. The van der Waals surface area contributed by atoms with E-state index < -0.39 is 5.72 Å². The highest BCUT2D eigenvalue weighted by molar-refractivity contribution is 6.02. The number of aryl methyl sites for hydroxylation is 1. The number of hydrogen-bond donors (Lipinski definition) is 0. The zero-order chi connectivity index (χ0) is 19.3. The van der Waals surface area contributed by atoms with Crippen molar-refractivity contribution in [1.82, 2.24) is 9.91 Å². The lowest BCUT2D eigenvalue weighted by molar-refractivity contribution is -0.158. The number of carbonyl (C=O) groups is 1. The molecule has 5 rings (SSSR count). The van der Waals surface area contributed by atoms with Gasteiger partial charge in [0.2, 0.25) is 11.6 Å². The third kappa shape index (κ3) is 2.68. The van der Waals surface area contributed by atoms with Crippen molar-refractivity contribution in [2.24, 2.45) is 5.10 Å². The monoisotopic (exact) mass is 375 g/mol. The molecule has 0 aliphatic carbocycles. The molecule has 1 amide bonds. The van der Waals surface area contributed by atoms with Gasteiger partial charge in [-0.15, -0.1) is 0 Å². The van der Waals surface area contributed by atoms with Gasteiger partial charge in [-0.2, -0.15) is 5.10 Å². The fraction of sp³-hybridized carbons (Fsp3) is 0.391. The topological polar surface area (TPSA) is 45.1 Å². The fourth-order valence-corrected chi connectivity index (χ4v) is 4.65. The number of ether oxygens (including phenoxy) is 1. The molecule has 2 aromatic rings. The summed E-state index contributed by atoms with van der Waals surface area (Å²) >= 11 is 0. The van der Waals surface area contributed by atoms with Crippen LogP contribution in [-0.2, 0) is 4.79 Å². The third-order valence-electron chi connectivity index (χ3n) is 6.28. The predicted octanol–water partition coefficient (Wildman–Crippen LogP) is 3.88. The molecule has 0 N–H and O–H groups in total. The van der Waals surface area contributed by atoms with E-state index in [2.05, 4.69) is 54.4 Å². The Balaban J connectivity index is 1.53. The molecular formula is C23H25N3O2. The lowest BCUT2D eigenvalue weighted by Crippen LogP contribution is -2.59. The number of hydrogen-bond acceptors (Lipinski definition) is 4. The molecule has 0 aromatic heterocycles. The van der Waals surface area contributed by atoms with Crippen molar-refractivity contribution in [3.05, 3.63) is 65.2 Å². The zero-order valence-corrected chi connectivity index (χ0v) is 16.4. The summed E-state index contributed by atoms with van der Waals surface area (Å²) in [6.45, 7) is 5.15. The summed E-state index contributed by atoms with van der Waals surface area (Å²) < 4.78 is 6.59. The summed E-state index contributed by atoms with van der Waals surface area (Å²) in [5.74, 6) is 1.09. The molecule has 5 nitrogen and oxygen atoms in total. The minimum Gasteiger partial charge on any atom is -0.466 e. The highest BCUT2D eigenvalue weighted by Crippen LogP contribution is 2.49. The Morgan fingerprint density at radius 3 is 2.54 bits per heavy atom. The van der Waals surface area contributed by atoms with Gasteiger partial charge in [-0.3, -0.25) is 4.79 Å². The molecule has 1 atom stereocenters. The van der Waals surface area contributed by atoms with Gasteiger partial charge >= 0.3 is 0 Å². The smallest absolute Gasteiger partial charge is 0.219 e. The van der Waals surface area contributed by atoms with Crippen LogP contribution in [0.4, 0.5) is 0 Å². The lowest BCUT2D eigenvalue weighted by atomic mass is 9.90. The Kier molecular flexibility index (Phi) is 3.93. The molecule has 3 aliphatic heterocycles. The number of fused-ring (bicyclic) bond motifs is 4. The van der Waals surface area contributed by atoms with Crippen molar-refractivity contribution in [2.75, 3.05) is 13.1 Å². The van der Waals surface area contributed by atoms with Crippen LogP contribution in [0, 0.1) is 6.92 Å². The summed E-state index contributed by atoms with van der Waals surface area (Å²) in [5, 5.41) is 7.27. The van der Waals surface area contributed by atoms with Gasteiger partial charge in [-0.1, -0.05) is 48.0 Å². The predicted molar refractivity (Wildman–Crippen MR) is 108 cm³/mol. The molecule has 0 saturated carbocycles. The van der Waals surface area contributed by atoms with E-state index in [4.69, 9.17) is 9.84 Å². The first-order chi connectivity index (χ1) is 13.6. The molecule has 1 unspecified atom stereocenters. The molecule has 144 valence electrons. The van der Waals surface area contributed by atoms with Crippen molar-refractivity contribution in [3.63, 3.8) is 0 Å². The molecule has 3 aliphatic rings. The first-order valence-electron chi connectivity index (χ1n) is 10.0. The van der Waals surface area contributed by atoms with Gasteiger partial charge in [-0.25, -0.2) is 5.01 Å². The van der Waals surface area contributed by atoms with E-state index in [1.807, 2.05) is 11.0 Å². The molecular weight excluding hydrogens is 350 g/mol. The molecule has 1 fully saturated rings. The fourth-order valence-electron chi connectivity index (χ4n) is 4.65. The van der Waals surface area contributed by atoms with Gasteiger partial charge in [0.1, 0.15) is 5.75 Å². The number of piperidine rings is 1. The van der Waals surface area contributed by atoms with Crippen molar-refractivity contribution in [2.45, 2.75) is 44.9 Å². The first kappa shape index (κ1) is 17.3. The summed E-state index contributed by atoms with van der Waals surface area (Å²) in [6.07, 6.45) is 2.41. The first-order valence-corrected chi connectivity index (χ1v) is 10.0. The normalized spacial score (nSPS) is 22.4. The molecule has 28 heavy (non-hydrogen) atoms. The van der Waals surface area contributed by atoms with Crippen molar-refractivity contribution >= 4 is 11.6 Å². The minimum absolute atomic E-state index is 0.132. The van der Waals surface area contributed by atoms with Crippen molar-refractivity contribution < 1.29 is 9.53 Å². The van der Waals surface area contributed by atoms with Crippen LogP contribution in [0.15, 0.2) is 53.6 Å². The van der Waals surface area contributed by atoms with Crippen LogP contribution in [0.25, 0.3) is 0 Å². The molecule has 1 spiro atoms. The number of amides is 1. The Bertz CT molecular complexity index is 943. The molecule has 3 heterocycles. The zero-order valence-electron chi connectivity index (χ0n) is 16.4. The Hall–Kier alpha value is -2.82. The van der Waals surface area contributed by atoms with Crippen LogP contribution >= 0.6 is 0 Å². The quantitative estimate of drug-likeness (QED) is 0.760. The maximum atomic E-state index is 11.8. The standard InChI is InChI=1S/C23H25N3O2/c1-16-7-9-18(10-8-16)20-15-21-19-5-3-4-6-22(19)28-23(26(21)24-20)11-13-25(14-12-23)17(2)27/h3-10,21H,11-15H2,1-2H3. The number of benzene rings is 2. The van der Waals surface area contributed by atoms with Gasteiger partial charge in [0.25, 0.3) is 0 Å². The number of hydrazone groups is 1. The SMILES string of the molecule is CC(=O)N1CCC2(CC1)Oc1ccccc1C1CC(c3ccc(C)cc3)=NN12. The van der Waals surface area contributed by atoms with Gasteiger partial charge in [0.15, 0.2) is 0 Å². The average molecular weight is 375 g/mol. The Morgan fingerprint density at radius 2 is 1.82 bits per heavy atom. The van der Waals surface area contributed by atoms with Crippen LogP contribution in [0.2, 0.25) is 0 Å². The van der Waals surface area contributed by atoms with E-state index in [0.29, 0.717) is 13.1 Å². The van der Waals surface area contributed by atoms with Gasteiger partial charge in [0, 0.05) is 44.8 Å². The van der Waals surface area contributed by atoms with Crippen LogP contribution in [-0.4, -0.2) is 40.3 Å². The number of carbonyl (C=O) groups excluding carboxylic acids is 1. The van der Waals surface area contributed by atoms with Crippen LogP contribution in [0.5, 0.6) is 5.75 Å². The van der Waals surface area contributed by atoms with E-state index in [-0.39, 0.29) is 11.9 Å². The van der Waals surface area contributed by atoms with Crippen LogP contribution in [0.1, 0.15) is 48.9 Å². The number of nitrogens with zero attached hydrogens (tertiary/aromatic N) is 3. The summed E-state index contributed by atoms with van der Waals surface area (Å²) in [7, 11) is 0. The van der Waals surface area contributed by atoms with E-state index in [1.54, 1.807) is 6.92 Å². The molecule has 0 bridgehead atoms. The van der Waals surface area contributed by atoms with Gasteiger partial charge < -0.3 is 9.64 Å². The molecule has 2 aromatic carbocycles.